The molecular formula is C14H26N6. The first-order chi connectivity index (χ1) is 9.75. The summed E-state index contributed by atoms with van der Waals surface area (Å²) < 4.78 is 0. The van der Waals surface area contributed by atoms with Gasteiger partial charge < -0.3 is 15.1 Å². The highest BCUT2D eigenvalue weighted by Crippen LogP contribution is 2.16. The summed E-state index contributed by atoms with van der Waals surface area (Å²) in [7, 11) is 4.16. The third-order valence-electron chi connectivity index (χ3n) is 3.54. The molecule has 1 aromatic heterocycles. The van der Waals surface area contributed by atoms with E-state index in [1.165, 1.54) is 25.7 Å². The van der Waals surface area contributed by atoms with Crippen LogP contribution in [0.15, 0.2) is 6.20 Å². The summed E-state index contributed by atoms with van der Waals surface area (Å²) in [6, 6.07) is 0. The minimum atomic E-state index is 0.644. The number of hydrogen-bond donors (Lipinski definition) is 1. The van der Waals surface area contributed by atoms with Gasteiger partial charge in [0.2, 0.25) is 5.95 Å². The van der Waals surface area contributed by atoms with Crippen LogP contribution in [-0.4, -0.2) is 60.4 Å². The molecule has 2 heterocycles. The van der Waals surface area contributed by atoms with Crippen LogP contribution in [0.4, 0.5) is 11.8 Å². The van der Waals surface area contributed by atoms with Crippen molar-refractivity contribution in [2.75, 3.05) is 50.5 Å². The number of nitrogens with one attached hydrogen (secondary N) is 1. The molecule has 0 bridgehead atoms. The lowest BCUT2D eigenvalue weighted by atomic mass is 10.2. The summed E-state index contributed by atoms with van der Waals surface area (Å²) >= 11 is 0. The van der Waals surface area contributed by atoms with Gasteiger partial charge >= 0.3 is 0 Å². The monoisotopic (exact) mass is 278 g/mol. The number of anilines is 2. The van der Waals surface area contributed by atoms with E-state index in [4.69, 9.17) is 0 Å². The van der Waals surface area contributed by atoms with Crippen LogP contribution in [0.3, 0.4) is 0 Å². The lowest BCUT2D eigenvalue weighted by Gasteiger charge is -2.21. The van der Waals surface area contributed by atoms with Crippen molar-refractivity contribution >= 4 is 11.8 Å². The summed E-state index contributed by atoms with van der Waals surface area (Å²) in [6.07, 6.45) is 7.99. The normalized spacial score (nSPS) is 16.2. The van der Waals surface area contributed by atoms with E-state index in [2.05, 4.69) is 44.4 Å². The van der Waals surface area contributed by atoms with Gasteiger partial charge in [-0.1, -0.05) is 12.8 Å². The van der Waals surface area contributed by atoms with Crippen LogP contribution in [0.5, 0.6) is 0 Å². The Morgan fingerprint density at radius 1 is 1.20 bits per heavy atom. The van der Waals surface area contributed by atoms with Gasteiger partial charge in [-0.3, -0.25) is 0 Å². The molecule has 1 aliphatic rings. The molecule has 1 N–H and O–H groups in total. The van der Waals surface area contributed by atoms with Crippen LogP contribution < -0.4 is 10.2 Å². The van der Waals surface area contributed by atoms with E-state index in [1.54, 1.807) is 6.20 Å². The van der Waals surface area contributed by atoms with Crippen molar-refractivity contribution in [2.45, 2.75) is 32.1 Å². The highest BCUT2D eigenvalue weighted by Gasteiger charge is 2.12. The molecule has 2 rings (SSSR count). The van der Waals surface area contributed by atoms with Crippen LogP contribution in [-0.2, 0) is 0 Å². The Balaban J connectivity index is 1.86. The fourth-order valence-corrected chi connectivity index (χ4v) is 2.42. The Morgan fingerprint density at radius 3 is 2.65 bits per heavy atom. The Hall–Kier alpha value is -1.43. The van der Waals surface area contributed by atoms with Crippen LogP contribution in [0.2, 0.25) is 0 Å². The van der Waals surface area contributed by atoms with Gasteiger partial charge in [0, 0.05) is 19.6 Å². The largest absolute Gasteiger partial charge is 0.355 e. The molecule has 1 fully saturated rings. The minimum absolute atomic E-state index is 0.644. The zero-order chi connectivity index (χ0) is 14.2. The summed E-state index contributed by atoms with van der Waals surface area (Å²) in [5, 5.41) is 11.4. The molecule has 1 aliphatic heterocycles. The van der Waals surface area contributed by atoms with Gasteiger partial charge in [-0.05, 0) is 39.9 Å². The molecule has 1 saturated heterocycles. The molecule has 0 spiro atoms. The second-order valence-electron chi connectivity index (χ2n) is 5.62. The molecule has 1 aromatic rings. The van der Waals surface area contributed by atoms with Crippen LogP contribution in [0.25, 0.3) is 0 Å². The Bertz CT molecular complexity index is 387. The maximum absolute atomic E-state index is 4.58. The Morgan fingerprint density at radius 2 is 1.95 bits per heavy atom. The van der Waals surface area contributed by atoms with Crippen molar-refractivity contribution in [3.8, 4) is 0 Å². The zero-order valence-corrected chi connectivity index (χ0v) is 12.7. The molecule has 0 radical (unpaired) electrons. The number of rotatable bonds is 6. The highest BCUT2D eigenvalue weighted by atomic mass is 15.3. The average molecular weight is 278 g/mol. The SMILES string of the molecule is CN(C)CCCNc1nncc(N2CCCCCC2)n1. The lowest BCUT2D eigenvalue weighted by Crippen LogP contribution is -2.25. The second kappa shape index (κ2) is 7.99. The van der Waals surface area contributed by atoms with Gasteiger partial charge in [-0.15, -0.1) is 5.10 Å². The van der Waals surface area contributed by atoms with E-state index in [0.29, 0.717) is 5.95 Å². The smallest absolute Gasteiger partial charge is 0.244 e. The highest BCUT2D eigenvalue weighted by molar-refractivity contribution is 5.40. The molecule has 0 saturated carbocycles. The fourth-order valence-electron chi connectivity index (χ4n) is 2.42. The van der Waals surface area contributed by atoms with Crippen molar-refractivity contribution in [2.24, 2.45) is 0 Å². The van der Waals surface area contributed by atoms with Gasteiger partial charge in [0.05, 0.1) is 6.20 Å². The quantitative estimate of drug-likeness (QED) is 0.798. The Labute approximate surface area is 121 Å². The topological polar surface area (TPSA) is 57.2 Å². The van der Waals surface area contributed by atoms with Crippen molar-refractivity contribution in [3.63, 3.8) is 0 Å². The summed E-state index contributed by atoms with van der Waals surface area (Å²) in [5.74, 6) is 1.60. The van der Waals surface area contributed by atoms with E-state index >= 15 is 0 Å². The molecule has 0 unspecified atom stereocenters. The first kappa shape index (κ1) is 15.0. The molecule has 6 nitrogen and oxygen atoms in total. The van der Waals surface area contributed by atoms with Gasteiger partial charge in [-0.25, -0.2) is 0 Å². The van der Waals surface area contributed by atoms with Crippen molar-refractivity contribution in [1.82, 2.24) is 20.1 Å². The van der Waals surface area contributed by atoms with Gasteiger partial charge in [0.25, 0.3) is 0 Å². The predicted octanol–water partition coefficient (Wildman–Crippen LogP) is 1.62. The minimum Gasteiger partial charge on any atom is -0.355 e. The fraction of sp³-hybridized carbons (Fsp3) is 0.786. The lowest BCUT2D eigenvalue weighted by molar-refractivity contribution is 0.405. The molecule has 0 aliphatic carbocycles. The summed E-state index contributed by atoms with van der Waals surface area (Å²) in [6.45, 7) is 4.10. The van der Waals surface area contributed by atoms with Crippen molar-refractivity contribution < 1.29 is 0 Å². The first-order valence-corrected chi connectivity index (χ1v) is 7.59. The summed E-state index contributed by atoms with van der Waals surface area (Å²) in [4.78, 5) is 9.08. The zero-order valence-electron chi connectivity index (χ0n) is 12.7. The number of nitrogens with zero attached hydrogens (tertiary/aromatic N) is 5. The second-order valence-corrected chi connectivity index (χ2v) is 5.62. The van der Waals surface area contributed by atoms with Crippen LogP contribution in [0, 0.1) is 0 Å². The van der Waals surface area contributed by atoms with E-state index in [1.807, 2.05) is 0 Å². The molecule has 0 amide bonds. The standard InChI is InChI=1S/C14H26N6/c1-19(2)9-7-8-15-14-17-13(12-16-18-14)20-10-5-3-4-6-11-20/h12H,3-11H2,1-2H3,(H,15,17,18). The average Bonchev–Trinajstić information content (AvgIpc) is 2.73. The predicted molar refractivity (Wildman–Crippen MR) is 82.2 cm³/mol. The van der Waals surface area contributed by atoms with Gasteiger partial charge in [0.15, 0.2) is 5.82 Å². The number of hydrogen-bond acceptors (Lipinski definition) is 6. The van der Waals surface area contributed by atoms with E-state index in [-0.39, 0.29) is 0 Å². The van der Waals surface area contributed by atoms with Crippen molar-refractivity contribution in [1.29, 1.82) is 0 Å². The summed E-state index contributed by atoms with van der Waals surface area (Å²) in [5.41, 5.74) is 0. The molecule has 112 valence electrons. The third kappa shape index (κ3) is 4.92. The molecule has 20 heavy (non-hydrogen) atoms. The molecule has 0 aromatic carbocycles. The van der Waals surface area contributed by atoms with E-state index < -0.39 is 0 Å². The van der Waals surface area contributed by atoms with Crippen molar-refractivity contribution in [3.05, 3.63) is 6.20 Å². The third-order valence-corrected chi connectivity index (χ3v) is 3.54. The van der Waals surface area contributed by atoms with E-state index in [0.717, 1.165) is 38.4 Å². The van der Waals surface area contributed by atoms with E-state index in [9.17, 15) is 0 Å². The maximum atomic E-state index is 4.58. The van der Waals surface area contributed by atoms with Crippen LogP contribution >= 0.6 is 0 Å². The van der Waals surface area contributed by atoms with Crippen LogP contribution in [0.1, 0.15) is 32.1 Å². The first-order valence-electron chi connectivity index (χ1n) is 7.59. The number of aromatic nitrogens is 3. The molecule has 0 atom stereocenters. The van der Waals surface area contributed by atoms with Gasteiger partial charge in [-0.2, -0.15) is 10.1 Å². The maximum Gasteiger partial charge on any atom is 0.244 e. The molecule has 6 heteroatoms. The molecular weight excluding hydrogens is 252 g/mol. The Kier molecular flexibility index (Phi) is 5.98. The van der Waals surface area contributed by atoms with Gasteiger partial charge in [0.1, 0.15) is 0 Å².